The monoisotopic (exact) mass is 251 g/mol. The van der Waals surface area contributed by atoms with Crippen LogP contribution in [-0.2, 0) is 5.75 Å². The van der Waals surface area contributed by atoms with E-state index in [0.717, 1.165) is 35.3 Å². The molecule has 0 aliphatic rings. The van der Waals surface area contributed by atoms with Crippen LogP contribution in [0.25, 0.3) is 0 Å². The van der Waals surface area contributed by atoms with Crippen LogP contribution < -0.4 is 10.6 Å². The Morgan fingerprint density at radius 3 is 3.12 bits per heavy atom. The summed E-state index contributed by atoms with van der Waals surface area (Å²) in [7, 11) is 1.79. The molecule has 0 radical (unpaired) electrons. The standard InChI is InChI=1S/C11H17N5S/c1-9-10(16-8-15-9)7-17-6-5-14-11(13-2)3-4-12/h3,8,13-14H,5-7H2,1-2H3,(H,15,16)/b11-3-. The first-order valence-corrected chi connectivity index (χ1v) is 6.51. The number of nitrogens with one attached hydrogen (secondary N) is 3. The highest BCUT2D eigenvalue weighted by Gasteiger charge is 2.00. The second-order valence-corrected chi connectivity index (χ2v) is 4.50. The van der Waals surface area contributed by atoms with E-state index in [1.807, 2.05) is 24.8 Å². The molecule has 0 atom stereocenters. The number of thioether (sulfide) groups is 1. The van der Waals surface area contributed by atoms with Crippen molar-refractivity contribution in [3.63, 3.8) is 0 Å². The summed E-state index contributed by atoms with van der Waals surface area (Å²) in [6.07, 6.45) is 3.18. The molecule has 1 aromatic rings. The topological polar surface area (TPSA) is 76.5 Å². The number of hydrogen-bond acceptors (Lipinski definition) is 5. The third-order valence-corrected chi connectivity index (χ3v) is 3.18. The summed E-state index contributed by atoms with van der Waals surface area (Å²) in [5, 5.41) is 14.6. The number of aromatic amines is 1. The van der Waals surface area contributed by atoms with E-state index in [1.54, 1.807) is 13.4 Å². The van der Waals surface area contributed by atoms with Crippen molar-refractivity contribution in [3.8, 4) is 6.07 Å². The summed E-state index contributed by atoms with van der Waals surface area (Å²) in [4.78, 5) is 7.29. The number of aromatic nitrogens is 2. The van der Waals surface area contributed by atoms with Crippen LogP contribution in [0.5, 0.6) is 0 Å². The predicted octanol–water partition coefficient (Wildman–Crippen LogP) is 1.13. The SMILES string of the molecule is CN/C(=C/C#N)NCCSCc1nc[nH]c1C. The van der Waals surface area contributed by atoms with Crippen molar-refractivity contribution in [2.24, 2.45) is 0 Å². The third-order valence-electron chi connectivity index (χ3n) is 2.21. The first-order chi connectivity index (χ1) is 8.27. The molecule has 0 saturated carbocycles. The Morgan fingerprint density at radius 1 is 1.71 bits per heavy atom. The zero-order valence-electron chi connectivity index (χ0n) is 10.1. The second kappa shape index (κ2) is 7.63. The van der Waals surface area contributed by atoms with E-state index in [2.05, 4.69) is 20.6 Å². The molecule has 0 aliphatic carbocycles. The van der Waals surface area contributed by atoms with Gasteiger partial charge in [-0.15, -0.1) is 0 Å². The van der Waals surface area contributed by atoms with E-state index < -0.39 is 0 Å². The van der Waals surface area contributed by atoms with E-state index in [9.17, 15) is 0 Å². The van der Waals surface area contributed by atoms with Crippen molar-refractivity contribution in [1.82, 2.24) is 20.6 Å². The molecular formula is C11H17N5S. The molecule has 0 bridgehead atoms. The number of rotatable bonds is 7. The molecule has 1 aromatic heterocycles. The number of allylic oxidation sites excluding steroid dienone is 1. The number of H-pyrrole nitrogens is 1. The van der Waals surface area contributed by atoms with Crippen LogP contribution in [-0.4, -0.2) is 29.3 Å². The van der Waals surface area contributed by atoms with Gasteiger partial charge in [0.05, 0.1) is 24.2 Å². The smallest absolute Gasteiger partial charge is 0.109 e. The fraction of sp³-hybridized carbons (Fsp3) is 0.455. The molecule has 92 valence electrons. The lowest BCUT2D eigenvalue weighted by Gasteiger charge is -2.08. The first kappa shape index (κ1) is 13.5. The van der Waals surface area contributed by atoms with Crippen molar-refractivity contribution in [3.05, 3.63) is 29.6 Å². The van der Waals surface area contributed by atoms with E-state index in [-0.39, 0.29) is 0 Å². The Bertz CT molecular complexity index is 404. The molecule has 0 aromatic carbocycles. The summed E-state index contributed by atoms with van der Waals surface area (Å²) in [5.74, 6) is 2.63. The summed E-state index contributed by atoms with van der Waals surface area (Å²) in [6.45, 7) is 2.85. The largest absolute Gasteiger partial charge is 0.374 e. The number of hydrogen-bond donors (Lipinski definition) is 3. The lowest BCUT2D eigenvalue weighted by Crippen LogP contribution is -2.25. The zero-order valence-corrected chi connectivity index (χ0v) is 10.9. The van der Waals surface area contributed by atoms with E-state index in [0.29, 0.717) is 0 Å². The molecule has 0 unspecified atom stereocenters. The summed E-state index contributed by atoms with van der Waals surface area (Å²) in [6, 6.07) is 1.98. The van der Waals surface area contributed by atoms with Gasteiger partial charge in [0, 0.05) is 30.8 Å². The Kier molecular flexibility index (Phi) is 6.04. The Balaban J connectivity index is 2.15. The summed E-state index contributed by atoms with van der Waals surface area (Å²) >= 11 is 1.81. The highest BCUT2D eigenvalue weighted by Crippen LogP contribution is 2.11. The van der Waals surface area contributed by atoms with Gasteiger partial charge in [-0.05, 0) is 6.92 Å². The molecule has 3 N–H and O–H groups in total. The highest BCUT2D eigenvalue weighted by atomic mass is 32.2. The van der Waals surface area contributed by atoms with Crippen LogP contribution >= 0.6 is 11.8 Å². The van der Waals surface area contributed by atoms with Crippen LogP contribution in [0.2, 0.25) is 0 Å². The van der Waals surface area contributed by atoms with Crippen molar-refractivity contribution in [2.45, 2.75) is 12.7 Å². The minimum absolute atomic E-state index is 0.754. The van der Waals surface area contributed by atoms with E-state index >= 15 is 0 Å². The number of aryl methyl sites for hydroxylation is 1. The van der Waals surface area contributed by atoms with Gasteiger partial charge in [0.2, 0.25) is 0 Å². The van der Waals surface area contributed by atoms with Gasteiger partial charge < -0.3 is 15.6 Å². The maximum absolute atomic E-state index is 8.50. The van der Waals surface area contributed by atoms with Crippen molar-refractivity contribution >= 4 is 11.8 Å². The fourth-order valence-electron chi connectivity index (χ4n) is 1.24. The molecule has 6 heteroatoms. The molecule has 0 spiro atoms. The Morgan fingerprint density at radius 2 is 2.53 bits per heavy atom. The van der Waals surface area contributed by atoms with Crippen LogP contribution in [0, 0.1) is 18.3 Å². The highest BCUT2D eigenvalue weighted by molar-refractivity contribution is 7.98. The molecule has 0 saturated heterocycles. The van der Waals surface area contributed by atoms with Crippen LogP contribution in [0.15, 0.2) is 18.2 Å². The lowest BCUT2D eigenvalue weighted by atomic mass is 10.4. The number of imidazole rings is 1. The van der Waals surface area contributed by atoms with Gasteiger partial charge >= 0.3 is 0 Å². The van der Waals surface area contributed by atoms with Gasteiger partial charge in [-0.3, -0.25) is 0 Å². The van der Waals surface area contributed by atoms with Gasteiger partial charge in [-0.2, -0.15) is 17.0 Å². The van der Waals surface area contributed by atoms with Gasteiger partial charge in [-0.25, -0.2) is 4.98 Å². The molecule has 1 rings (SSSR count). The number of nitriles is 1. The minimum atomic E-state index is 0.754. The van der Waals surface area contributed by atoms with Gasteiger partial charge in [0.15, 0.2) is 0 Å². The molecule has 0 amide bonds. The lowest BCUT2D eigenvalue weighted by molar-refractivity contribution is 0.771. The average Bonchev–Trinajstić information content (AvgIpc) is 2.73. The fourth-order valence-corrected chi connectivity index (χ4v) is 2.11. The second-order valence-electron chi connectivity index (χ2n) is 3.39. The molecule has 5 nitrogen and oxygen atoms in total. The van der Waals surface area contributed by atoms with Gasteiger partial charge in [0.1, 0.15) is 5.82 Å². The molecular weight excluding hydrogens is 234 g/mol. The van der Waals surface area contributed by atoms with Gasteiger partial charge in [-0.1, -0.05) is 0 Å². The maximum atomic E-state index is 8.50. The zero-order chi connectivity index (χ0) is 12.5. The van der Waals surface area contributed by atoms with Crippen molar-refractivity contribution in [1.29, 1.82) is 5.26 Å². The normalized spacial score (nSPS) is 11.0. The summed E-state index contributed by atoms with van der Waals surface area (Å²) < 4.78 is 0. The van der Waals surface area contributed by atoms with Crippen molar-refractivity contribution < 1.29 is 0 Å². The number of nitrogens with zero attached hydrogens (tertiary/aromatic N) is 2. The molecule has 17 heavy (non-hydrogen) atoms. The van der Waals surface area contributed by atoms with Crippen LogP contribution in [0.4, 0.5) is 0 Å². The predicted molar refractivity (Wildman–Crippen MR) is 70.2 cm³/mol. The average molecular weight is 251 g/mol. The van der Waals surface area contributed by atoms with Crippen molar-refractivity contribution in [2.75, 3.05) is 19.3 Å². The van der Waals surface area contributed by atoms with Crippen LogP contribution in [0.1, 0.15) is 11.4 Å². The minimum Gasteiger partial charge on any atom is -0.374 e. The van der Waals surface area contributed by atoms with E-state index in [1.165, 1.54) is 6.08 Å². The Hall–Kier alpha value is -1.61. The first-order valence-electron chi connectivity index (χ1n) is 5.36. The molecule has 0 aliphatic heterocycles. The van der Waals surface area contributed by atoms with Gasteiger partial charge in [0.25, 0.3) is 0 Å². The third kappa shape index (κ3) is 4.83. The maximum Gasteiger partial charge on any atom is 0.109 e. The molecule has 1 heterocycles. The Labute approximate surface area is 106 Å². The quantitative estimate of drug-likeness (QED) is 0.500. The molecule has 0 fully saturated rings. The van der Waals surface area contributed by atoms with Crippen LogP contribution in [0.3, 0.4) is 0 Å². The van der Waals surface area contributed by atoms with E-state index in [4.69, 9.17) is 5.26 Å². The summed E-state index contributed by atoms with van der Waals surface area (Å²) in [5.41, 5.74) is 2.24.